The van der Waals surface area contributed by atoms with Crippen LogP contribution in [0.25, 0.3) is 0 Å². The molecule has 17 heavy (non-hydrogen) atoms. The maximum Gasteiger partial charge on any atom is 0.258 e. The molecule has 0 saturated heterocycles. The first kappa shape index (κ1) is 12.1. The fraction of sp³-hybridized carbons (Fsp3) is 0.600. The second-order valence-corrected chi connectivity index (χ2v) is 4.76. The van der Waals surface area contributed by atoms with Gasteiger partial charge in [-0.05, 0) is 30.8 Å². The SMILES string of the molecule is Nc1nsc(NCCCF)c1C(=O)NC1CC1. The van der Waals surface area contributed by atoms with Crippen molar-refractivity contribution in [2.75, 3.05) is 24.3 Å². The first-order valence-corrected chi connectivity index (χ1v) is 6.35. The van der Waals surface area contributed by atoms with Gasteiger partial charge in [0.15, 0.2) is 5.82 Å². The van der Waals surface area contributed by atoms with E-state index in [0.29, 0.717) is 23.5 Å². The smallest absolute Gasteiger partial charge is 0.258 e. The Morgan fingerprint density at radius 3 is 3.00 bits per heavy atom. The minimum absolute atomic E-state index is 0.193. The number of aromatic nitrogens is 1. The lowest BCUT2D eigenvalue weighted by atomic mass is 10.3. The van der Waals surface area contributed by atoms with Crippen molar-refractivity contribution in [3.05, 3.63) is 5.56 Å². The van der Waals surface area contributed by atoms with Crippen LogP contribution in [0.4, 0.5) is 15.2 Å². The van der Waals surface area contributed by atoms with E-state index in [4.69, 9.17) is 5.73 Å². The number of carbonyl (C=O) groups excluding carboxylic acids is 1. The standard InChI is InChI=1S/C10H15FN4OS/c11-4-1-5-13-10-7(8(12)15-17-10)9(16)14-6-2-3-6/h6,13H,1-5H2,(H2,12,15)(H,14,16). The van der Waals surface area contributed by atoms with Gasteiger partial charge in [0.05, 0.1) is 6.67 Å². The van der Waals surface area contributed by atoms with E-state index in [-0.39, 0.29) is 24.4 Å². The molecule has 0 atom stereocenters. The van der Waals surface area contributed by atoms with Gasteiger partial charge in [-0.25, -0.2) is 0 Å². The lowest BCUT2D eigenvalue weighted by Gasteiger charge is -2.06. The lowest BCUT2D eigenvalue weighted by Crippen LogP contribution is -2.26. The van der Waals surface area contributed by atoms with E-state index in [9.17, 15) is 9.18 Å². The fourth-order valence-corrected chi connectivity index (χ4v) is 2.13. The van der Waals surface area contributed by atoms with E-state index in [1.54, 1.807) is 0 Å². The molecular weight excluding hydrogens is 243 g/mol. The summed E-state index contributed by atoms with van der Waals surface area (Å²) in [6.07, 6.45) is 2.45. The van der Waals surface area contributed by atoms with Gasteiger partial charge in [-0.2, -0.15) is 4.37 Å². The highest BCUT2D eigenvalue weighted by Crippen LogP contribution is 2.28. The summed E-state index contributed by atoms with van der Waals surface area (Å²) in [7, 11) is 0. The number of halogens is 1. The molecule has 0 bridgehead atoms. The normalized spacial score (nSPS) is 14.6. The average Bonchev–Trinajstić information content (AvgIpc) is 3.02. The van der Waals surface area contributed by atoms with Gasteiger partial charge < -0.3 is 16.4 Å². The summed E-state index contributed by atoms with van der Waals surface area (Å²) in [5.74, 6) is 0.0393. The molecular formula is C10H15FN4OS. The Balaban J connectivity index is 2.02. The lowest BCUT2D eigenvalue weighted by molar-refractivity contribution is 0.0953. The number of nitrogens with one attached hydrogen (secondary N) is 2. The highest BCUT2D eigenvalue weighted by molar-refractivity contribution is 7.11. The molecule has 1 fully saturated rings. The van der Waals surface area contributed by atoms with Gasteiger partial charge in [-0.15, -0.1) is 0 Å². The molecule has 0 aliphatic heterocycles. The quantitative estimate of drug-likeness (QED) is 0.674. The largest absolute Gasteiger partial charge is 0.382 e. The number of nitrogens with two attached hydrogens (primary N) is 1. The van der Waals surface area contributed by atoms with Crippen LogP contribution in [-0.4, -0.2) is 29.5 Å². The summed E-state index contributed by atoms with van der Waals surface area (Å²) in [4.78, 5) is 11.9. The molecule has 1 heterocycles. The maximum absolute atomic E-state index is 12.0. The Morgan fingerprint density at radius 2 is 2.35 bits per heavy atom. The van der Waals surface area contributed by atoms with Crippen molar-refractivity contribution < 1.29 is 9.18 Å². The summed E-state index contributed by atoms with van der Waals surface area (Å²) in [6, 6.07) is 0.278. The number of anilines is 2. The van der Waals surface area contributed by atoms with Crippen molar-refractivity contribution in [2.45, 2.75) is 25.3 Å². The maximum atomic E-state index is 12.0. The van der Waals surface area contributed by atoms with Crippen LogP contribution in [0.5, 0.6) is 0 Å². The van der Waals surface area contributed by atoms with Gasteiger partial charge in [0, 0.05) is 12.6 Å². The molecule has 1 aromatic rings. The molecule has 0 aromatic carbocycles. The van der Waals surface area contributed by atoms with Crippen molar-refractivity contribution in [3.63, 3.8) is 0 Å². The first-order valence-electron chi connectivity index (χ1n) is 5.58. The van der Waals surface area contributed by atoms with Crippen LogP contribution in [0.1, 0.15) is 29.6 Å². The molecule has 7 heteroatoms. The molecule has 1 aliphatic carbocycles. The Bertz CT molecular complexity index is 405. The Hall–Kier alpha value is -1.37. The van der Waals surface area contributed by atoms with Crippen molar-refractivity contribution in [1.82, 2.24) is 9.69 Å². The Kier molecular flexibility index (Phi) is 3.78. The zero-order valence-electron chi connectivity index (χ0n) is 9.33. The van der Waals surface area contributed by atoms with Crippen molar-refractivity contribution in [2.24, 2.45) is 0 Å². The topological polar surface area (TPSA) is 80.0 Å². The van der Waals surface area contributed by atoms with Crippen LogP contribution in [0.3, 0.4) is 0 Å². The van der Waals surface area contributed by atoms with Crippen molar-refractivity contribution in [3.8, 4) is 0 Å². The van der Waals surface area contributed by atoms with E-state index in [2.05, 4.69) is 15.0 Å². The van der Waals surface area contributed by atoms with Crippen molar-refractivity contribution >= 4 is 28.3 Å². The third kappa shape index (κ3) is 3.06. The van der Waals surface area contributed by atoms with E-state index >= 15 is 0 Å². The fourth-order valence-electron chi connectivity index (χ4n) is 1.40. The first-order chi connectivity index (χ1) is 8.22. The summed E-state index contributed by atoms with van der Waals surface area (Å²) in [5, 5.41) is 6.47. The molecule has 4 N–H and O–H groups in total. The number of alkyl halides is 1. The number of rotatable bonds is 6. The second kappa shape index (κ2) is 5.31. The molecule has 2 rings (SSSR count). The van der Waals surface area contributed by atoms with Crippen LogP contribution in [0.15, 0.2) is 0 Å². The highest BCUT2D eigenvalue weighted by Gasteiger charge is 2.27. The number of hydrogen-bond donors (Lipinski definition) is 3. The monoisotopic (exact) mass is 258 g/mol. The van der Waals surface area contributed by atoms with Gasteiger partial charge in [0.25, 0.3) is 5.91 Å². The van der Waals surface area contributed by atoms with Gasteiger partial charge in [-0.3, -0.25) is 9.18 Å². The summed E-state index contributed by atoms with van der Waals surface area (Å²) in [5.41, 5.74) is 6.06. The van der Waals surface area contributed by atoms with E-state index in [1.165, 1.54) is 0 Å². The predicted octanol–water partition coefficient (Wildman–Crippen LogP) is 1.39. The van der Waals surface area contributed by atoms with E-state index in [1.807, 2.05) is 0 Å². The van der Waals surface area contributed by atoms with Crippen LogP contribution >= 0.6 is 11.5 Å². The molecule has 1 aromatic heterocycles. The molecule has 1 amide bonds. The van der Waals surface area contributed by atoms with E-state index < -0.39 is 0 Å². The summed E-state index contributed by atoms with van der Waals surface area (Å²) < 4.78 is 15.9. The minimum atomic E-state index is -0.384. The third-order valence-corrected chi connectivity index (χ3v) is 3.27. The Morgan fingerprint density at radius 1 is 1.59 bits per heavy atom. The van der Waals surface area contributed by atoms with Crippen LogP contribution in [0, 0.1) is 0 Å². The van der Waals surface area contributed by atoms with Crippen LogP contribution in [-0.2, 0) is 0 Å². The van der Waals surface area contributed by atoms with Crippen molar-refractivity contribution in [1.29, 1.82) is 0 Å². The van der Waals surface area contributed by atoms with Gasteiger partial charge in [-0.1, -0.05) is 0 Å². The van der Waals surface area contributed by atoms with Gasteiger partial charge in [0.1, 0.15) is 10.6 Å². The van der Waals surface area contributed by atoms with E-state index in [0.717, 1.165) is 24.4 Å². The second-order valence-electron chi connectivity index (χ2n) is 3.99. The highest BCUT2D eigenvalue weighted by atomic mass is 32.1. The average molecular weight is 258 g/mol. The Labute approximate surface area is 103 Å². The molecule has 0 unspecified atom stereocenters. The predicted molar refractivity (Wildman–Crippen MR) is 66.1 cm³/mol. The molecule has 94 valence electrons. The number of nitrogens with zero attached hydrogens (tertiary/aromatic N) is 1. The molecule has 1 aliphatic rings. The summed E-state index contributed by atoms with van der Waals surface area (Å²) in [6.45, 7) is 0.0900. The molecule has 5 nitrogen and oxygen atoms in total. The number of hydrogen-bond acceptors (Lipinski definition) is 5. The molecule has 0 radical (unpaired) electrons. The zero-order valence-corrected chi connectivity index (χ0v) is 10.1. The van der Waals surface area contributed by atoms with Crippen LogP contribution in [0.2, 0.25) is 0 Å². The van der Waals surface area contributed by atoms with Crippen LogP contribution < -0.4 is 16.4 Å². The minimum Gasteiger partial charge on any atom is -0.382 e. The third-order valence-electron chi connectivity index (χ3n) is 2.45. The number of carbonyl (C=O) groups is 1. The summed E-state index contributed by atoms with van der Waals surface area (Å²) >= 11 is 1.13. The number of amides is 1. The zero-order chi connectivity index (χ0) is 12.3. The van der Waals surface area contributed by atoms with Gasteiger partial charge in [0.2, 0.25) is 0 Å². The van der Waals surface area contributed by atoms with Gasteiger partial charge >= 0.3 is 0 Å². The molecule has 1 saturated carbocycles. The molecule has 0 spiro atoms. The number of nitrogen functional groups attached to an aromatic ring is 1.